The van der Waals surface area contributed by atoms with Crippen LogP contribution in [0.15, 0.2) is 18.3 Å². The van der Waals surface area contributed by atoms with Crippen LogP contribution in [0.5, 0.6) is 0 Å². The molecule has 1 aliphatic heterocycles. The van der Waals surface area contributed by atoms with Crippen molar-refractivity contribution >= 4 is 11.9 Å². The quantitative estimate of drug-likeness (QED) is 0.855. The molecule has 1 unspecified atom stereocenters. The lowest BCUT2D eigenvalue weighted by Gasteiger charge is -2.18. The number of hydrogen-bond donors (Lipinski definition) is 2. The summed E-state index contributed by atoms with van der Waals surface area (Å²) in [6.07, 6.45) is 1.65. The minimum absolute atomic E-state index is 0.0886. The number of methoxy groups -OCH3 is 1. The van der Waals surface area contributed by atoms with Crippen LogP contribution in [0.1, 0.15) is 25.0 Å². The van der Waals surface area contributed by atoms with E-state index in [1.54, 1.807) is 13.1 Å². The number of alkyl carbamates (subject to hydrolysis) is 1. The zero-order chi connectivity index (χ0) is 13.8. The van der Waals surface area contributed by atoms with Gasteiger partial charge in [-0.3, -0.25) is 0 Å². The molecular weight excluding hydrogens is 246 g/mol. The number of carbonyl (C=O) groups excluding carboxylic acids is 1. The molecule has 2 atom stereocenters. The van der Waals surface area contributed by atoms with Crippen LogP contribution in [-0.2, 0) is 4.74 Å². The number of nitrogens with one attached hydrogen (secondary N) is 1. The number of carbonyl (C=O) groups is 1. The fraction of sp³-hybridized carbons (Fsp3) is 0.538. The lowest BCUT2D eigenvalue weighted by molar-refractivity contribution is 0.167. The molecule has 104 valence electrons. The summed E-state index contributed by atoms with van der Waals surface area (Å²) >= 11 is 0. The van der Waals surface area contributed by atoms with Gasteiger partial charge in [-0.15, -0.1) is 0 Å². The summed E-state index contributed by atoms with van der Waals surface area (Å²) < 4.78 is 4.58. The predicted octanol–water partition coefficient (Wildman–Crippen LogP) is 1.07. The van der Waals surface area contributed by atoms with Gasteiger partial charge in [0.15, 0.2) is 0 Å². The minimum atomic E-state index is -0.506. The van der Waals surface area contributed by atoms with Crippen molar-refractivity contribution in [3.8, 4) is 0 Å². The fourth-order valence-corrected chi connectivity index (χ4v) is 2.14. The van der Waals surface area contributed by atoms with Crippen LogP contribution >= 0.6 is 0 Å². The molecule has 1 saturated heterocycles. The van der Waals surface area contributed by atoms with Gasteiger partial charge in [0.05, 0.1) is 19.3 Å². The number of rotatable bonds is 3. The third-order valence-electron chi connectivity index (χ3n) is 3.27. The monoisotopic (exact) mass is 265 g/mol. The summed E-state index contributed by atoms with van der Waals surface area (Å²) in [7, 11) is 1.36. The van der Waals surface area contributed by atoms with Crippen molar-refractivity contribution in [3.05, 3.63) is 23.9 Å². The molecule has 0 spiro atoms. The Bertz CT molecular complexity index is 433. The Balaban J connectivity index is 1.95. The van der Waals surface area contributed by atoms with E-state index >= 15 is 0 Å². The number of amides is 1. The molecule has 19 heavy (non-hydrogen) atoms. The molecule has 1 amide bonds. The molecule has 1 aromatic heterocycles. The summed E-state index contributed by atoms with van der Waals surface area (Å²) in [6, 6.07) is 3.85. The van der Waals surface area contributed by atoms with Crippen molar-refractivity contribution in [1.29, 1.82) is 0 Å². The molecule has 0 aromatic carbocycles. The second kappa shape index (κ2) is 5.88. The normalized spacial score (nSPS) is 20.2. The van der Waals surface area contributed by atoms with Crippen LogP contribution in [-0.4, -0.2) is 42.4 Å². The van der Waals surface area contributed by atoms with Crippen LogP contribution in [0.3, 0.4) is 0 Å². The summed E-state index contributed by atoms with van der Waals surface area (Å²) in [5.74, 6) is 0.860. The lowest BCUT2D eigenvalue weighted by Crippen LogP contribution is -2.37. The molecule has 6 nitrogen and oxygen atoms in total. The number of ether oxygens (including phenoxy) is 1. The van der Waals surface area contributed by atoms with Gasteiger partial charge in [-0.05, 0) is 25.0 Å². The second-order valence-electron chi connectivity index (χ2n) is 4.69. The van der Waals surface area contributed by atoms with Crippen molar-refractivity contribution in [2.24, 2.45) is 0 Å². The predicted molar refractivity (Wildman–Crippen MR) is 71.0 cm³/mol. The number of nitrogens with zero attached hydrogens (tertiary/aromatic N) is 2. The third-order valence-corrected chi connectivity index (χ3v) is 3.27. The van der Waals surface area contributed by atoms with E-state index < -0.39 is 12.2 Å². The van der Waals surface area contributed by atoms with Gasteiger partial charge in [0.1, 0.15) is 5.82 Å². The molecule has 0 radical (unpaired) electrons. The second-order valence-corrected chi connectivity index (χ2v) is 4.69. The molecule has 1 fully saturated rings. The van der Waals surface area contributed by atoms with E-state index in [4.69, 9.17) is 0 Å². The smallest absolute Gasteiger partial charge is 0.407 e. The molecule has 1 aromatic rings. The number of aliphatic hydroxyl groups excluding tert-OH is 1. The zero-order valence-electron chi connectivity index (χ0n) is 11.2. The van der Waals surface area contributed by atoms with Crippen LogP contribution in [0.2, 0.25) is 0 Å². The zero-order valence-corrected chi connectivity index (χ0v) is 11.2. The maximum Gasteiger partial charge on any atom is 0.407 e. The highest BCUT2D eigenvalue weighted by atomic mass is 16.5. The largest absolute Gasteiger partial charge is 0.453 e. The van der Waals surface area contributed by atoms with Crippen molar-refractivity contribution in [2.45, 2.75) is 25.5 Å². The van der Waals surface area contributed by atoms with E-state index in [2.05, 4.69) is 19.9 Å². The number of aliphatic hydroxyl groups is 1. The topological polar surface area (TPSA) is 74.7 Å². The van der Waals surface area contributed by atoms with Gasteiger partial charge in [-0.2, -0.15) is 0 Å². The number of aromatic nitrogens is 1. The fourth-order valence-electron chi connectivity index (χ4n) is 2.14. The highest BCUT2D eigenvalue weighted by Crippen LogP contribution is 2.20. The van der Waals surface area contributed by atoms with Gasteiger partial charge in [0.2, 0.25) is 0 Å². The van der Waals surface area contributed by atoms with Crippen molar-refractivity contribution in [1.82, 2.24) is 10.3 Å². The lowest BCUT2D eigenvalue weighted by atomic mass is 10.2. The van der Waals surface area contributed by atoms with E-state index in [1.807, 2.05) is 12.1 Å². The Morgan fingerprint density at radius 3 is 3.00 bits per heavy atom. The van der Waals surface area contributed by atoms with Crippen molar-refractivity contribution < 1.29 is 14.6 Å². The van der Waals surface area contributed by atoms with E-state index in [9.17, 15) is 9.90 Å². The highest BCUT2D eigenvalue weighted by Gasteiger charge is 2.24. The molecule has 2 N–H and O–H groups in total. The van der Waals surface area contributed by atoms with Gasteiger partial charge in [-0.1, -0.05) is 6.07 Å². The summed E-state index contributed by atoms with van der Waals surface area (Å²) in [6.45, 7) is 3.27. The van der Waals surface area contributed by atoms with Crippen molar-refractivity contribution in [2.75, 3.05) is 25.1 Å². The average molecular weight is 265 g/mol. The molecule has 6 heteroatoms. The standard InChI is InChI=1S/C13H19N3O3/c1-9(17)10-3-4-12(14-7-10)16-6-5-11(8-16)15-13(18)19-2/h3-4,7,9,11,17H,5-6,8H2,1-2H3,(H,15,18)/t9-,11?/m0/s1. The van der Waals surface area contributed by atoms with E-state index in [1.165, 1.54) is 7.11 Å². The molecule has 0 bridgehead atoms. The first kappa shape index (κ1) is 13.6. The van der Waals surface area contributed by atoms with E-state index in [-0.39, 0.29) is 6.04 Å². The SMILES string of the molecule is COC(=O)NC1CCN(c2ccc([C@H](C)O)cn2)C1. The minimum Gasteiger partial charge on any atom is -0.453 e. The number of pyridine rings is 1. The molecule has 0 saturated carbocycles. The van der Waals surface area contributed by atoms with Gasteiger partial charge in [0.25, 0.3) is 0 Å². The number of anilines is 1. The molecule has 0 aliphatic carbocycles. The van der Waals surface area contributed by atoms with Gasteiger partial charge >= 0.3 is 6.09 Å². The Morgan fingerprint density at radius 1 is 1.63 bits per heavy atom. The first-order valence-corrected chi connectivity index (χ1v) is 6.33. The molecule has 2 heterocycles. The van der Waals surface area contributed by atoms with E-state index in [0.29, 0.717) is 0 Å². The Labute approximate surface area is 112 Å². The first-order valence-electron chi connectivity index (χ1n) is 6.33. The van der Waals surface area contributed by atoms with Crippen molar-refractivity contribution in [3.63, 3.8) is 0 Å². The summed E-state index contributed by atoms with van der Waals surface area (Å²) in [4.78, 5) is 17.6. The van der Waals surface area contributed by atoms with Crippen LogP contribution in [0.4, 0.5) is 10.6 Å². The Hall–Kier alpha value is -1.82. The molecule has 2 rings (SSSR count). The molecule has 1 aliphatic rings. The maximum atomic E-state index is 11.1. The van der Waals surface area contributed by atoms with Crippen LogP contribution < -0.4 is 10.2 Å². The summed E-state index contributed by atoms with van der Waals surface area (Å²) in [5, 5.41) is 12.2. The molecular formula is C13H19N3O3. The van der Waals surface area contributed by atoms with Gasteiger partial charge in [0, 0.05) is 19.3 Å². The Morgan fingerprint density at radius 2 is 2.42 bits per heavy atom. The Kier molecular flexibility index (Phi) is 4.21. The average Bonchev–Trinajstić information content (AvgIpc) is 2.87. The first-order chi connectivity index (χ1) is 9.10. The van der Waals surface area contributed by atoms with Gasteiger partial charge in [-0.25, -0.2) is 9.78 Å². The highest BCUT2D eigenvalue weighted by molar-refractivity contribution is 5.67. The number of hydrogen-bond acceptors (Lipinski definition) is 5. The van der Waals surface area contributed by atoms with Crippen LogP contribution in [0.25, 0.3) is 0 Å². The van der Waals surface area contributed by atoms with E-state index in [0.717, 1.165) is 30.9 Å². The van der Waals surface area contributed by atoms with Gasteiger partial charge < -0.3 is 20.1 Å². The summed E-state index contributed by atoms with van der Waals surface area (Å²) in [5.41, 5.74) is 0.798. The maximum absolute atomic E-state index is 11.1. The van der Waals surface area contributed by atoms with Crippen LogP contribution in [0, 0.1) is 0 Å². The third kappa shape index (κ3) is 3.35.